The van der Waals surface area contributed by atoms with E-state index in [1.165, 1.54) is 0 Å². The van der Waals surface area contributed by atoms with Crippen molar-refractivity contribution in [3.63, 3.8) is 0 Å². The van der Waals surface area contributed by atoms with Crippen molar-refractivity contribution >= 4 is 23.2 Å². The Balaban J connectivity index is 2.58. The fourth-order valence-corrected chi connectivity index (χ4v) is 1.08. The zero-order chi connectivity index (χ0) is 6.69. The van der Waals surface area contributed by atoms with E-state index < -0.39 is 0 Å². The van der Waals surface area contributed by atoms with Crippen molar-refractivity contribution in [3.8, 4) is 0 Å². The second-order valence-electron chi connectivity index (χ2n) is 2.01. The molecule has 0 amide bonds. The zero-order valence-electron chi connectivity index (χ0n) is 4.93. The smallest absolute Gasteiger partial charge is 0.0685 e. The molecular formula is C7H8Cl2. The third-order valence-corrected chi connectivity index (χ3v) is 2.28. The van der Waals surface area contributed by atoms with Crippen LogP contribution in [0.25, 0.3) is 0 Å². The summed E-state index contributed by atoms with van der Waals surface area (Å²) in [6, 6.07) is 0. The van der Waals surface area contributed by atoms with E-state index in [-0.39, 0.29) is 10.8 Å². The van der Waals surface area contributed by atoms with E-state index in [0.717, 1.165) is 6.42 Å². The van der Waals surface area contributed by atoms with Crippen LogP contribution in [0.15, 0.2) is 24.3 Å². The minimum absolute atomic E-state index is 0.0123. The maximum atomic E-state index is 5.84. The van der Waals surface area contributed by atoms with Crippen LogP contribution in [-0.4, -0.2) is 10.8 Å². The van der Waals surface area contributed by atoms with Gasteiger partial charge in [-0.1, -0.05) is 24.3 Å². The fraction of sp³-hybridized carbons (Fsp3) is 0.429. The van der Waals surface area contributed by atoms with Crippen LogP contribution in [0, 0.1) is 0 Å². The van der Waals surface area contributed by atoms with Crippen LogP contribution in [0.4, 0.5) is 0 Å². The quantitative estimate of drug-likeness (QED) is 0.481. The molecule has 0 aromatic carbocycles. The molecule has 0 N–H and O–H groups in total. The first-order chi connectivity index (χ1) is 4.30. The van der Waals surface area contributed by atoms with Gasteiger partial charge in [0, 0.05) is 0 Å². The summed E-state index contributed by atoms with van der Waals surface area (Å²) in [7, 11) is 0. The van der Waals surface area contributed by atoms with Gasteiger partial charge in [-0.15, -0.1) is 23.2 Å². The lowest BCUT2D eigenvalue weighted by molar-refractivity contribution is 0.893. The maximum absolute atomic E-state index is 5.84. The Morgan fingerprint density at radius 3 is 2.78 bits per heavy atom. The summed E-state index contributed by atoms with van der Waals surface area (Å²) >= 11 is 11.6. The summed E-state index contributed by atoms with van der Waals surface area (Å²) in [6.07, 6.45) is 8.69. The molecular weight excluding hydrogens is 155 g/mol. The fourth-order valence-electron chi connectivity index (χ4n) is 0.708. The van der Waals surface area contributed by atoms with Crippen molar-refractivity contribution in [1.82, 2.24) is 0 Å². The molecule has 1 aliphatic rings. The van der Waals surface area contributed by atoms with Gasteiger partial charge < -0.3 is 0 Å². The average Bonchev–Trinajstić information content (AvgIpc) is 1.99. The summed E-state index contributed by atoms with van der Waals surface area (Å²) in [5.41, 5.74) is 0. The molecule has 1 rings (SSSR count). The molecule has 0 spiro atoms. The Labute approximate surface area is 65.2 Å². The van der Waals surface area contributed by atoms with Crippen molar-refractivity contribution in [2.75, 3.05) is 0 Å². The number of rotatable bonds is 0. The molecule has 0 saturated heterocycles. The van der Waals surface area contributed by atoms with Crippen molar-refractivity contribution < 1.29 is 0 Å². The highest BCUT2D eigenvalue weighted by molar-refractivity contribution is 6.30. The Hall–Kier alpha value is 0.0600. The predicted molar refractivity (Wildman–Crippen MR) is 42.2 cm³/mol. The third-order valence-electron chi connectivity index (χ3n) is 1.25. The largest absolute Gasteiger partial charge is 0.121 e. The van der Waals surface area contributed by atoms with Gasteiger partial charge in [0.25, 0.3) is 0 Å². The van der Waals surface area contributed by atoms with E-state index in [2.05, 4.69) is 0 Å². The monoisotopic (exact) mass is 162 g/mol. The second kappa shape index (κ2) is 3.28. The van der Waals surface area contributed by atoms with Crippen LogP contribution < -0.4 is 0 Å². The molecule has 2 atom stereocenters. The van der Waals surface area contributed by atoms with E-state index in [1.807, 2.05) is 24.3 Å². The van der Waals surface area contributed by atoms with Crippen LogP contribution in [0.1, 0.15) is 6.42 Å². The lowest BCUT2D eigenvalue weighted by atomic mass is 10.2. The van der Waals surface area contributed by atoms with Gasteiger partial charge in [0.2, 0.25) is 0 Å². The summed E-state index contributed by atoms with van der Waals surface area (Å²) in [6.45, 7) is 0. The number of allylic oxidation sites excluding steroid dienone is 4. The lowest BCUT2D eigenvalue weighted by Gasteiger charge is -2.06. The van der Waals surface area contributed by atoms with E-state index in [4.69, 9.17) is 23.2 Å². The highest BCUT2D eigenvalue weighted by atomic mass is 35.5. The van der Waals surface area contributed by atoms with Crippen LogP contribution in [-0.2, 0) is 0 Å². The summed E-state index contributed by atoms with van der Waals surface area (Å²) < 4.78 is 0. The van der Waals surface area contributed by atoms with Gasteiger partial charge in [0.15, 0.2) is 0 Å². The Bertz CT molecular complexity index is 138. The van der Waals surface area contributed by atoms with Gasteiger partial charge in [0.05, 0.1) is 10.8 Å². The van der Waals surface area contributed by atoms with Crippen molar-refractivity contribution in [2.24, 2.45) is 0 Å². The van der Waals surface area contributed by atoms with Crippen molar-refractivity contribution in [2.45, 2.75) is 17.2 Å². The van der Waals surface area contributed by atoms with Gasteiger partial charge in [-0.25, -0.2) is 0 Å². The number of hydrogen-bond donors (Lipinski definition) is 0. The zero-order valence-corrected chi connectivity index (χ0v) is 6.44. The molecule has 50 valence electrons. The van der Waals surface area contributed by atoms with Crippen LogP contribution in [0.5, 0.6) is 0 Å². The van der Waals surface area contributed by atoms with Gasteiger partial charge in [-0.2, -0.15) is 0 Å². The summed E-state index contributed by atoms with van der Waals surface area (Å²) in [4.78, 5) is 0. The molecule has 0 radical (unpaired) electrons. The topological polar surface area (TPSA) is 0 Å². The van der Waals surface area contributed by atoms with Gasteiger partial charge in [0.1, 0.15) is 0 Å². The molecule has 1 aliphatic carbocycles. The third kappa shape index (κ3) is 2.04. The van der Waals surface area contributed by atoms with Crippen molar-refractivity contribution in [1.29, 1.82) is 0 Å². The number of alkyl halides is 2. The van der Waals surface area contributed by atoms with Gasteiger partial charge >= 0.3 is 0 Å². The SMILES string of the molecule is ClC1C=CC=CCC1Cl. The number of halogens is 2. The second-order valence-corrected chi connectivity index (χ2v) is 3.07. The molecule has 0 bridgehead atoms. The van der Waals surface area contributed by atoms with Crippen molar-refractivity contribution in [3.05, 3.63) is 24.3 Å². The van der Waals surface area contributed by atoms with E-state index in [9.17, 15) is 0 Å². The van der Waals surface area contributed by atoms with E-state index in [0.29, 0.717) is 0 Å². The lowest BCUT2D eigenvalue weighted by Crippen LogP contribution is -2.09. The number of hydrogen-bond acceptors (Lipinski definition) is 0. The molecule has 0 saturated carbocycles. The Morgan fingerprint density at radius 2 is 2.00 bits per heavy atom. The van der Waals surface area contributed by atoms with E-state index in [1.54, 1.807) is 0 Å². The molecule has 0 nitrogen and oxygen atoms in total. The van der Waals surface area contributed by atoms with Crippen LogP contribution in [0.2, 0.25) is 0 Å². The molecule has 0 aromatic rings. The molecule has 0 aromatic heterocycles. The molecule has 9 heavy (non-hydrogen) atoms. The molecule has 2 unspecified atom stereocenters. The average molecular weight is 163 g/mol. The van der Waals surface area contributed by atoms with Crippen LogP contribution >= 0.6 is 23.2 Å². The normalized spacial score (nSPS) is 34.4. The van der Waals surface area contributed by atoms with Crippen LogP contribution in [0.3, 0.4) is 0 Å². The summed E-state index contributed by atoms with van der Waals surface area (Å²) in [5.74, 6) is 0. The minimum Gasteiger partial charge on any atom is -0.121 e. The Kier molecular flexibility index (Phi) is 2.62. The summed E-state index contributed by atoms with van der Waals surface area (Å²) in [5, 5.41) is 0.0448. The highest BCUT2D eigenvalue weighted by Gasteiger charge is 2.12. The predicted octanol–water partition coefficient (Wildman–Crippen LogP) is 2.72. The Morgan fingerprint density at radius 1 is 1.22 bits per heavy atom. The standard InChI is InChI=1S/C7H8Cl2/c8-6-4-2-1-3-5-7(6)9/h1-4,6-7H,5H2. The molecule has 2 heteroatoms. The first-order valence-corrected chi connectivity index (χ1v) is 3.79. The molecule has 0 aliphatic heterocycles. The van der Waals surface area contributed by atoms with Gasteiger partial charge in [-0.3, -0.25) is 0 Å². The first-order valence-electron chi connectivity index (χ1n) is 2.92. The molecule has 0 fully saturated rings. The maximum Gasteiger partial charge on any atom is 0.0685 e. The van der Waals surface area contributed by atoms with E-state index >= 15 is 0 Å². The molecule has 0 heterocycles. The first kappa shape index (κ1) is 7.17. The van der Waals surface area contributed by atoms with Gasteiger partial charge in [-0.05, 0) is 6.42 Å². The minimum atomic E-state index is -0.0123. The highest BCUT2D eigenvalue weighted by Crippen LogP contribution is 2.17.